The second-order valence-corrected chi connectivity index (χ2v) is 5.07. The highest BCUT2D eigenvalue weighted by molar-refractivity contribution is 7.98. The molecule has 0 aromatic heterocycles. The van der Waals surface area contributed by atoms with Crippen LogP contribution < -0.4 is 5.73 Å². The molecule has 0 aliphatic heterocycles. The van der Waals surface area contributed by atoms with Crippen LogP contribution in [-0.2, 0) is 5.75 Å². The number of hydrogen-bond acceptors (Lipinski definition) is 3. The number of rotatable bonds is 4. The Morgan fingerprint density at radius 3 is 2.75 bits per heavy atom. The molecule has 0 atom stereocenters. The van der Waals surface area contributed by atoms with Crippen LogP contribution in [0.4, 0.5) is 8.78 Å². The molecule has 104 valence electrons. The second kappa shape index (κ2) is 6.38. The van der Waals surface area contributed by atoms with Crippen LogP contribution in [0, 0.1) is 11.6 Å². The molecule has 0 spiro atoms. The summed E-state index contributed by atoms with van der Waals surface area (Å²) in [6, 6.07) is 10.4. The van der Waals surface area contributed by atoms with Gasteiger partial charge >= 0.3 is 0 Å². The Balaban J connectivity index is 2.13. The molecular formula is C14H12F2N2OS. The average molecular weight is 294 g/mol. The van der Waals surface area contributed by atoms with E-state index < -0.39 is 11.6 Å². The van der Waals surface area contributed by atoms with Gasteiger partial charge in [0, 0.05) is 16.2 Å². The number of amidine groups is 1. The monoisotopic (exact) mass is 294 g/mol. The number of halogens is 2. The molecule has 2 aromatic carbocycles. The number of benzene rings is 2. The molecule has 0 radical (unpaired) electrons. The molecule has 0 fully saturated rings. The van der Waals surface area contributed by atoms with E-state index in [0.717, 1.165) is 23.8 Å². The Labute approximate surface area is 119 Å². The summed E-state index contributed by atoms with van der Waals surface area (Å²) < 4.78 is 26.5. The minimum absolute atomic E-state index is 0.00814. The lowest BCUT2D eigenvalue weighted by Crippen LogP contribution is -2.13. The van der Waals surface area contributed by atoms with Crippen molar-refractivity contribution in [3.63, 3.8) is 0 Å². The predicted molar refractivity (Wildman–Crippen MR) is 74.9 cm³/mol. The molecule has 0 heterocycles. The third-order valence-corrected chi connectivity index (χ3v) is 3.72. The largest absolute Gasteiger partial charge is 0.409 e. The number of nitrogens with zero attached hydrogens (tertiary/aromatic N) is 1. The van der Waals surface area contributed by atoms with E-state index in [-0.39, 0.29) is 10.7 Å². The Morgan fingerprint density at radius 1 is 1.20 bits per heavy atom. The van der Waals surface area contributed by atoms with Gasteiger partial charge < -0.3 is 10.9 Å². The van der Waals surface area contributed by atoms with Gasteiger partial charge in [0.25, 0.3) is 0 Å². The number of nitrogens with two attached hydrogens (primary N) is 1. The van der Waals surface area contributed by atoms with Gasteiger partial charge in [0.05, 0.1) is 0 Å². The average Bonchev–Trinajstić information content (AvgIpc) is 2.47. The fourth-order valence-electron chi connectivity index (χ4n) is 1.63. The molecule has 0 amide bonds. The minimum Gasteiger partial charge on any atom is -0.409 e. The predicted octanol–water partition coefficient (Wildman–Crippen LogP) is 3.35. The van der Waals surface area contributed by atoms with Gasteiger partial charge in [-0.2, -0.15) is 0 Å². The SMILES string of the molecule is N/C(=N\O)c1cccc(CSc2cc(F)ccc2F)c1. The highest BCUT2D eigenvalue weighted by Crippen LogP contribution is 2.26. The quantitative estimate of drug-likeness (QED) is 0.299. The molecule has 2 rings (SSSR count). The van der Waals surface area contributed by atoms with Gasteiger partial charge in [0.15, 0.2) is 5.84 Å². The van der Waals surface area contributed by atoms with E-state index in [4.69, 9.17) is 10.9 Å². The molecule has 3 N–H and O–H groups in total. The zero-order valence-electron chi connectivity index (χ0n) is 10.4. The topological polar surface area (TPSA) is 58.6 Å². The van der Waals surface area contributed by atoms with Crippen molar-refractivity contribution < 1.29 is 14.0 Å². The third-order valence-electron chi connectivity index (χ3n) is 2.62. The van der Waals surface area contributed by atoms with Crippen LogP contribution in [0.2, 0.25) is 0 Å². The second-order valence-electron chi connectivity index (χ2n) is 4.05. The minimum atomic E-state index is -0.473. The van der Waals surface area contributed by atoms with Crippen molar-refractivity contribution >= 4 is 17.6 Å². The van der Waals surface area contributed by atoms with E-state index in [1.807, 2.05) is 6.07 Å². The maximum absolute atomic E-state index is 13.5. The van der Waals surface area contributed by atoms with Gasteiger partial charge in [0.2, 0.25) is 0 Å². The van der Waals surface area contributed by atoms with Crippen molar-refractivity contribution in [2.75, 3.05) is 0 Å². The van der Waals surface area contributed by atoms with Crippen molar-refractivity contribution in [1.82, 2.24) is 0 Å². The molecule has 0 aliphatic rings. The summed E-state index contributed by atoms with van der Waals surface area (Å²) >= 11 is 1.18. The van der Waals surface area contributed by atoms with E-state index in [0.29, 0.717) is 11.3 Å². The van der Waals surface area contributed by atoms with Gasteiger partial charge in [-0.1, -0.05) is 23.4 Å². The van der Waals surface area contributed by atoms with Gasteiger partial charge in [-0.05, 0) is 29.8 Å². The molecule has 6 heteroatoms. The standard InChI is InChI=1S/C14H12F2N2OS/c15-11-4-5-12(16)13(7-11)20-8-9-2-1-3-10(6-9)14(17)18-19/h1-7,19H,8H2,(H2,17,18). The molecule has 0 aliphatic carbocycles. The maximum Gasteiger partial charge on any atom is 0.170 e. The van der Waals surface area contributed by atoms with Crippen LogP contribution >= 0.6 is 11.8 Å². The van der Waals surface area contributed by atoms with Crippen molar-refractivity contribution in [3.05, 3.63) is 65.2 Å². The zero-order chi connectivity index (χ0) is 14.5. The fraction of sp³-hybridized carbons (Fsp3) is 0.0714. The van der Waals surface area contributed by atoms with Gasteiger partial charge in [-0.15, -0.1) is 11.8 Å². The first-order chi connectivity index (χ1) is 9.60. The third kappa shape index (κ3) is 3.48. The molecular weight excluding hydrogens is 282 g/mol. The van der Waals surface area contributed by atoms with E-state index in [9.17, 15) is 8.78 Å². The molecule has 0 saturated heterocycles. The highest BCUT2D eigenvalue weighted by atomic mass is 32.2. The van der Waals surface area contributed by atoms with Gasteiger partial charge in [-0.25, -0.2) is 8.78 Å². The van der Waals surface area contributed by atoms with E-state index in [1.54, 1.807) is 18.2 Å². The summed E-state index contributed by atoms with van der Waals surface area (Å²) in [6.45, 7) is 0. The lowest BCUT2D eigenvalue weighted by atomic mass is 10.1. The summed E-state index contributed by atoms with van der Waals surface area (Å²) in [5.74, 6) is -0.468. The fourth-order valence-corrected chi connectivity index (χ4v) is 2.53. The van der Waals surface area contributed by atoms with Crippen molar-refractivity contribution in [2.24, 2.45) is 10.9 Å². The molecule has 20 heavy (non-hydrogen) atoms. The lowest BCUT2D eigenvalue weighted by molar-refractivity contribution is 0.318. The first-order valence-corrected chi connectivity index (χ1v) is 6.73. The Morgan fingerprint density at radius 2 is 2.00 bits per heavy atom. The Kier molecular flexibility index (Phi) is 4.57. The van der Waals surface area contributed by atoms with Crippen molar-refractivity contribution in [3.8, 4) is 0 Å². The molecule has 0 saturated carbocycles. The maximum atomic E-state index is 13.5. The van der Waals surface area contributed by atoms with Crippen LogP contribution in [-0.4, -0.2) is 11.0 Å². The Hall–Kier alpha value is -2.08. The van der Waals surface area contributed by atoms with Crippen LogP contribution in [0.1, 0.15) is 11.1 Å². The van der Waals surface area contributed by atoms with E-state index in [1.165, 1.54) is 11.8 Å². The first-order valence-electron chi connectivity index (χ1n) is 5.75. The Bertz CT molecular complexity index is 647. The van der Waals surface area contributed by atoms with Gasteiger partial charge in [0.1, 0.15) is 11.6 Å². The van der Waals surface area contributed by atoms with Crippen molar-refractivity contribution in [1.29, 1.82) is 0 Å². The number of hydrogen-bond donors (Lipinski definition) is 2. The summed E-state index contributed by atoms with van der Waals surface area (Å²) in [6.07, 6.45) is 0. The van der Waals surface area contributed by atoms with Crippen LogP contribution in [0.3, 0.4) is 0 Å². The summed E-state index contributed by atoms with van der Waals surface area (Å²) in [5.41, 5.74) is 6.94. The van der Waals surface area contributed by atoms with Gasteiger partial charge in [-0.3, -0.25) is 0 Å². The smallest absolute Gasteiger partial charge is 0.170 e. The van der Waals surface area contributed by atoms with Crippen LogP contribution in [0.25, 0.3) is 0 Å². The summed E-state index contributed by atoms with van der Waals surface area (Å²) in [5, 5.41) is 11.5. The van der Waals surface area contributed by atoms with Crippen molar-refractivity contribution in [2.45, 2.75) is 10.6 Å². The van der Waals surface area contributed by atoms with E-state index in [2.05, 4.69) is 5.16 Å². The summed E-state index contributed by atoms with van der Waals surface area (Å²) in [7, 11) is 0. The number of thioether (sulfide) groups is 1. The molecule has 0 unspecified atom stereocenters. The zero-order valence-corrected chi connectivity index (χ0v) is 11.2. The molecule has 2 aromatic rings. The van der Waals surface area contributed by atoms with Crippen LogP contribution in [0.15, 0.2) is 52.5 Å². The van der Waals surface area contributed by atoms with E-state index >= 15 is 0 Å². The molecule has 3 nitrogen and oxygen atoms in total. The van der Waals surface area contributed by atoms with Crippen LogP contribution in [0.5, 0.6) is 0 Å². The lowest BCUT2D eigenvalue weighted by Gasteiger charge is -2.05. The summed E-state index contributed by atoms with van der Waals surface area (Å²) in [4.78, 5) is 0.249. The number of oxime groups is 1. The molecule has 0 bridgehead atoms. The highest BCUT2D eigenvalue weighted by Gasteiger charge is 2.06. The first kappa shape index (κ1) is 14.3. The normalized spacial score (nSPS) is 11.6.